The zero-order valence-electron chi connectivity index (χ0n) is 12.1. The molecule has 0 aliphatic carbocycles. The standard InChI is InChI=1S/C16H20N2O3/c1-10(11-4-6-21-7-5-11)17-16(20)12-2-3-14-13(8-12)9-15(19)18-14/h2-3,8,10-11H,4-7,9H2,1H3,(H,17,20)(H,18,19). The SMILES string of the molecule is CC(NC(=O)c1ccc2c(c1)CC(=O)N2)C1CCOCC1. The van der Waals surface area contributed by atoms with Gasteiger partial charge < -0.3 is 15.4 Å². The maximum atomic E-state index is 12.3. The number of ether oxygens (including phenoxy) is 1. The van der Waals surface area contributed by atoms with Crippen LogP contribution in [0.25, 0.3) is 0 Å². The molecule has 2 aliphatic heterocycles. The van der Waals surface area contributed by atoms with Gasteiger partial charge in [0.25, 0.3) is 5.91 Å². The third-order valence-corrected chi connectivity index (χ3v) is 4.32. The largest absolute Gasteiger partial charge is 0.381 e. The van der Waals surface area contributed by atoms with Crippen molar-refractivity contribution in [3.05, 3.63) is 29.3 Å². The van der Waals surface area contributed by atoms with E-state index >= 15 is 0 Å². The number of hydrogen-bond donors (Lipinski definition) is 2. The van der Waals surface area contributed by atoms with Crippen LogP contribution in [0.15, 0.2) is 18.2 Å². The average Bonchev–Trinajstić information content (AvgIpc) is 2.87. The molecule has 1 fully saturated rings. The van der Waals surface area contributed by atoms with E-state index in [4.69, 9.17) is 4.74 Å². The van der Waals surface area contributed by atoms with E-state index in [1.165, 1.54) is 0 Å². The zero-order valence-corrected chi connectivity index (χ0v) is 12.1. The van der Waals surface area contributed by atoms with Gasteiger partial charge in [0.1, 0.15) is 0 Å². The first-order chi connectivity index (χ1) is 10.1. The Balaban J connectivity index is 1.65. The van der Waals surface area contributed by atoms with Crippen LogP contribution in [-0.4, -0.2) is 31.1 Å². The first kappa shape index (κ1) is 14.1. The summed E-state index contributed by atoms with van der Waals surface area (Å²) in [6.07, 6.45) is 2.33. The lowest BCUT2D eigenvalue weighted by molar-refractivity contribution is -0.115. The molecule has 2 amide bonds. The highest BCUT2D eigenvalue weighted by Crippen LogP contribution is 2.24. The smallest absolute Gasteiger partial charge is 0.251 e. The van der Waals surface area contributed by atoms with Gasteiger partial charge in [-0.15, -0.1) is 0 Å². The highest BCUT2D eigenvalue weighted by Gasteiger charge is 2.23. The Labute approximate surface area is 124 Å². The molecule has 1 aromatic rings. The highest BCUT2D eigenvalue weighted by atomic mass is 16.5. The lowest BCUT2D eigenvalue weighted by atomic mass is 9.92. The Hall–Kier alpha value is -1.88. The van der Waals surface area contributed by atoms with Crippen LogP contribution in [0.3, 0.4) is 0 Å². The van der Waals surface area contributed by atoms with Gasteiger partial charge in [-0.05, 0) is 49.4 Å². The van der Waals surface area contributed by atoms with Crippen LogP contribution in [-0.2, 0) is 16.0 Å². The highest BCUT2D eigenvalue weighted by molar-refractivity contribution is 6.01. The summed E-state index contributed by atoms with van der Waals surface area (Å²) in [4.78, 5) is 23.7. The summed E-state index contributed by atoms with van der Waals surface area (Å²) < 4.78 is 5.35. The molecule has 0 aromatic heterocycles. The van der Waals surface area contributed by atoms with Gasteiger partial charge in [-0.2, -0.15) is 0 Å². The molecular formula is C16H20N2O3. The predicted octanol–water partition coefficient (Wildman–Crippen LogP) is 1.73. The molecule has 0 spiro atoms. The molecule has 2 aliphatic rings. The minimum atomic E-state index is -0.0730. The van der Waals surface area contributed by atoms with Crippen molar-refractivity contribution in [2.75, 3.05) is 18.5 Å². The summed E-state index contributed by atoms with van der Waals surface area (Å²) in [5.74, 6) is 0.384. The summed E-state index contributed by atoms with van der Waals surface area (Å²) in [6, 6.07) is 5.50. The Bertz CT molecular complexity index is 565. The number of carbonyl (C=O) groups is 2. The first-order valence-corrected chi connectivity index (χ1v) is 7.45. The van der Waals surface area contributed by atoms with Crippen LogP contribution >= 0.6 is 0 Å². The Kier molecular flexibility index (Phi) is 3.92. The van der Waals surface area contributed by atoms with E-state index in [1.807, 2.05) is 6.92 Å². The molecule has 3 rings (SSSR count). The van der Waals surface area contributed by atoms with Crippen LogP contribution in [0, 0.1) is 5.92 Å². The number of benzene rings is 1. The molecule has 21 heavy (non-hydrogen) atoms. The third kappa shape index (κ3) is 3.08. The van der Waals surface area contributed by atoms with Crippen LogP contribution < -0.4 is 10.6 Å². The molecule has 112 valence electrons. The summed E-state index contributed by atoms with van der Waals surface area (Å²) in [5.41, 5.74) is 2.32. The molecule has 1 unspecified atom stereocenters. The summed E-state index contributed by atoms with van der Waals surface area (Å²) in [5, 5.41) is 5.84. The number of rotatable bonds is 3. The summed E-state index contributed by atoms with van der Waals surface area (Å²) >= 11 is 0. The Morgan fingerprint density at radius 2 is 2.14 bits per heavy atom. The molecule has 1 atom stereocenters. The number of amides is 2. The summed E-state index contributed by atoms with van der Waals surface area (Å²) in [6.45, 7) is 3.60. The van der Waals surface area contributed by atoms with Crippen molar-refractivity contribution in [3.8, 4) is 0 Å². The Morgan fingerprint density at radius 1 is 1.38 bits per heavy atom. The average molecular weight is 288 g/mol. The molecular weight excluding hydrogens is 268 g/mol. The molecule has 1 aromatic carbocycles. The maximum absolute atomic E-state index is 12.3. The van der Waals surface area contributed by atoms with E-state index < -0.39 is 0 Å². The van der Waals surface area contributed by atoms with Crippen molar-refractivity contribution in [1.29, 1.82) is 0 Å². The molecule has 5 heteroatoms. The fraction of sp³-hybridized carbons (Fsp3) is 0.500. The minimum Gasteiger partial charge on any atom is -0.381 e. The van der Waals surface area contributed by atoms with Gasteiger partial charge in [0.2, 0.25) is 5.91 Å². The molecule has 1 saturated heterocycles. The molecule has 2 N–H and O–H groups in total. The molecule has 5 nitrogen and oxygen atoms in total. The van der Waals surface area contributed by atoms with Crippen molar-refractivity contribution in [3.63, 3.8) is 0 Å². The van der Waals surface area contributed by atoms with E-state index in [0.717, 1.165) is 37.3 Å². The second-order valence-electron chi connectivity index (χ2n) is 5.81. The molecule has 0 saturated carbocycles. The molecule has 0 radical (unpaired) electrons. The van der Waals surface area contributed by atoms with Gasteiger partial charge in [-0.3, -0.25) is 9.59 Å². The second-order valence-corrected chi connectivity index (χ2v) is 5.81. The van der Waals surface area contributed by atoms with Crippen LogP contribution in [0.5, 0.6) is 0 Å². The van der Waals surface area contributed by atoms with Crippen molar-refractivity contribution >= 4 is 17.5 Å². The van der Waals surface area contributed by atoms with E-state index in [1.54, 1.807) is 18.2 Å². The number of fused-ring (bicyclic) bond motifs is 1. The topological polar surface area (TPSA) is 67.4 Å². The van der Waals surface area contributed by atoms with Crippen molar-refractivity contribution in [2.24, 2.45) is 5.92 Å². The third-order valence-electron chi connectivity index (χ3n) is 4.32. The van der Waals surface area contributed by atoms with Gasteiger partial charge in [-0.25, -0.2) is 0 Å². The van der Waals surface area contributed by atoms with Gasteiger partial charge in [0.05, 0.1) is 6.42 Å². The number of carbonyl (C=O) groups excluding carboxylic acids is 2. The van der Waals surface area contributed by atoms with E-state index in [2.05, 4.69) is 10.6 Å². The van der Waals surface area contributed by atoms with Crippen molar-refractivity contribution in [1.82, 2.24) is 5.32 Å². The van der Waals surface area contributed by atoms with Crippen LogP contribution in [0.2, 0.25) is 0 Å². The Morgan fingerprint density at radius 3 is 2.90 bits per heavy atom. The van der Waals surface area contributed by atoms with E-state index in [-0.39, 0.29) is 17.9 Å². The van der Waals surface area contributed by atoms with Crippen LogP contribution in [0.4, 0.5) is 5.69 Å². The fourth-order valence-corrected chi connectivity index (χ4v) is 2.99. The number of nitrogens with one attached hydrogen (secondary N) is 2. The normalized spacial score (nSPS) is 19.8. The van der Waals surface area contributed by atoms with Gasteiger partial charge in [-0.1, -0.05) is 0 Å². The van der Waals surface area contributed by atoms with E-state index in [0.29, 0.717) is 17.9 Å². The molecule has 0 bridgehead atoms. The number of anilines is 1. The monoisotopic (exact) mass is 288 g/mol. The van der Waals surface area contributed by atoms with Crippen molar-refractivity contribution < 1.29 is 14.3 Å². The zero-order chi connectivity index (χ0) is 14.8. The number of hydrogen-bond acceptors (Lipinski definition) is 3. The maximum Gasteiger partial charge on any atom is 0.251 e. The molecule has 2 heterocycles. The van der Waals surface area contributed by atoms with Gasteiger partial charge >= 0.3 is 0 Å². The predicted molar refractivity (Wildman–Crippen MR) is 79.2 cm³/mol. The van der Waals surface area contributed by atoms with Crippen molar-refractivity contribution in [2.45, 2.75) is 32.2 Å². The van der Waals surface area contributed by atoms with Gasteiger partial charge in [0, 0.05) is 30.5 Å². The van der Waals surface area contributed by atoms with Crippen LogP contribution in [0.1, 0.15) is 35.7 Å². The second kappa shape index (κ2) is 5.85. The summed E-state index contributed by atoms with van der Waals surface area (Å²) in [7, 11) is 0. The quantitative estimate of drug-likeness (QED) is 0.890. The fourth-order valence-electron chi connectivity index (χ4n) is 2.99. The lowest BCUT2D eigenvalue weighted by Gasteiger charge is -2.28. The lowest BCUT2D eigenvalue weighted by Crippen LogP contribution is -2.40. The first-order valence-electron chi connectivity index (χ1n) is 7.45. The minimum absolute atomic E-state index is 0.0156. The van der Waals surface area contributed by atoms with E-state index in [9.17, 15) is 9.59 Å². The van der Waals surface area contributed by atoms with Gasteiger partial charge in [0.15, 0.2) is 0 Å².